The number of hydrogen-bond acceptors (Lipinski definition) is 5. The lowest BCUT2D eigenvalue weighted by molar-refractivity contribution is 0.0451. The first-order chi connectivity index (χ1) is 12.5. The number of piperazine rings is 1. The third-order valence-corrected chi connectivity index (χ3v) is 5.77. The Morgan fingerprint density at radius 3 is 2.77 bits per heavy atom. The number of carbonyl (C=O) groups is 1. The number of carbonyl (C=O) groups excluding carboxylic acids is 1. The van der Waals surface area contributed by atoms with Crippen LogP contribution >= 0.6 is 0 Å². The van der Waals surface area contributed by atoms with E-state index in [-0.39, 0.29) is 17.3 Å². The Labute approximate surface area is 152 Å². The van der Waals surface area contributed by atoms with Crippen molar-refractivity contribution in [2.75, 3.05) is 26.2 Å². The second kappa shape index (κ2) is 6.43. The predicted octanol–water partition coefficient (Wildman–Crippen LogP) is 2.77. The van der Waals surface area contributed by atoms with Gasteiger partial charge in [0.05, 0.1) is 5.54 Å². The predicted molar refractivity (Wildman–Crippen MR) is 98.2 cm³/mol. The van der Waals surface area contributed by atoms with E-state index in [1.54, 1.807) is 6.07 Å². The van der Waals surface area contributed by atoms with Gasteiger partial charge in [-0.15, -0.1) is 0 Å². The molecule has 0 bridgehead atoms. The van der Waals surface area contributed by atoms with Crippen molar-refractivity contribution in [1.29, 1.82) is 0 Å². The standard InChI is InChI=1S/C20H24N2O4/c1-3-14-5-6-17-16(9-14)15(10-18(23)26-17)11-21-7-8-22-19(24)25-13-20(22,4-2)12-21/h5-6,9-10H,3-4,7-8,11-13H2,1-2H3. The maximum Gasteiger partial charge on any atom is 0.410 e. The van der Waals surface area contributed by atoms with Crippen molar-refractivity contribution in [2.45, 2.75) is 38.8 Å². The summed E-state index contributed by atoms with van der Waals surface area (Å²) in [5.74, 6) is 0. The van der Waals surface area contributed by atoms with Gasteiger partial charge in [0.15, 0.2) is 0 Å². The summed E-state index contributed by atoms with van der Waals surface area (Å²) in [6.07, 6.45) is 1.59. The van der Waals surface area contributed by atoms with Gasteiger partial charge < -0.3 is 9.15 Å². The molecule has 1 unspecified atom stereocenters. The quantitative estimate of drug-likeness (QED) is 0.788. The minimum atomic E-state index is -0.319. The van der Waals surface area contributed by atoms with Crippen molar-refractivity contribution in [3.63, 3.8) is 0 Å². The zero-order valence-electron chi connectivity index (χ0n) is 15.3. The molecule has 0 N–H and O–H groups in total. The van der Waals surface area contributed by atoms with Gasteiger partial charge in [-0.3, -0.25) is 9.80 Å². The van der Waals surface area contributed by atoms with E-state index in [1.165, 1.54) is 5.56 Å². The summed E-state index contributed by atoms with van der Waals surface area (Å²) in [4.78, 5) is 28.1. The van der Waals surface area contributed by atoms with Crippen molar-refractivity contribution < 1.29 is 13.9 Å². The Hall–Kier alpha value is -2.34. The maximum absolute atomic E-state index is 12.0. The fourth-order valence-electron chi connectivity index (χ4n) is 4.15. The molecule has 6 nitrogen and oxygen atoms in total. The molecular weight excluding hydrogens is 332 g/mol. The van der Waals surface area contributed by atoms with Gasteiger partial charge in [-0.2, -0.15) is 0 Å². The van der Waals surface area contributed by atoms with Crippen LogP contribution in [0, 0.1) is 0 Å². The molecule has 26 heavy (non-hydrogen) atoms. The van der Waals surface area contributed by atoms with Crippen LogP contribution in [0.15, 0.2) is 33.5 Å². The molecule has 2 aliphatic rings. The van der Waals surface area contributed by atoms with Crippen molar-refractivity contribution in [1.82, 2.24) is 9.80 Å². The van der Waals surface area contributed by atoms with Crippen LogP contribution in [-0.4, -0.2) is 47.7 Å². The van der Waals surface area contributed by atoms with Crippen LogP contribution in [0.2, 0.25) is 0 Å². The van der Waals surface area contributed by atoms with Gasteiger partial charge in [0.25, 0.3) is 0 Å². The largest absolute Gasteiger partial charge is 0.447 e. The number of benzene rings is 1. The van der Waals surface area contributed by atoms with Crippen LogP contribution in [0.5, 0.6) is 0 Å². The number of ether oxygens (including phenoxy) is 1. The normalized spacial score (nSPS) is 23.3. The Kier molecular flexibility index (Phi) is 4.23. The monoisotopic (exact) mass is 356 g/mol. The lowest BCUT2D eigenvalue weighted by atomic mass is 9.92. The second-order valence-corrected chi connectivity index (χ2v) is 7.27. The van der Waals surface area contributed by atoms with Gasteiger partial charge in [-0.25, -0.2) is 9.59 Å². The van der Waals surface area contributed by atoms with E-state index in [0.717, 1.165) is 36.9 Å². The SMILES string of the molecule is CCc1ccc2oc(=O)cc(CN3CCN4C(=O)OCC4(CC)C3)c2c1. The minimum absolute atomic E-state index is 0.204. The first kappa shape index (κ1) is 17.1. The second-order valence-electron chi connectivity index (χ2n) is 7.27. The van der Waals surface area contributed by atoms with E-state index in [9.17, 15) is 9.59 Å². The Morgan fingerprint density at radius 1 is 1.15 bits per heavy atom. The van der Waals surface area contributed by atoms with E-state index >= 15 is 0 Å². The first-order valence-corrected chi connectivity index (χ1v) is 9.27. The van der Waals surface area contributed by atoms with E-state index < -0.39 is 0 Å². The highest BCUT2D eigenvalue weighted by Gasteiger charge is 2.49. The van der Waals surface area contributed by atoms with Gasteiger partial charge >= 0.3 is 11.7 Å². The molecular formula is C20H24N2O4. The number of amides is 1. The van der Waals surface area contributed by atoms with Crippen LogP contribution < -0.4 is 5.63 Å². The van der Waals surface area contributed by atoms with Gasteiger partial charge in [0.2, 0.25) is 0 Å². The summed E-state index contributed by atoms with van der Waals surface area (Å²) < 4.78 is 10.7. The molecule has 1 atom stereocenters. The molecule has 138 valence electrons. The molecule has 1 aromatic carbocycles. The summed E-state index contributed by atoms with van der Waals surface area (Å²) in [6, 6.07) is 7.60. The van der Waals surface area contributed by atoms with Crippen LogP contribution in [0.25, 0.3) is 11.0 Å². The average molecular weight is 356 g/mol. The highest BCUT2D eigenvalue weighted by atomic mass is 16.6. The van der Waals surface area contributed by atoms with Gasteiger partial charge in [-0.1, -0.05) is 19.9 Å². The molecule has 0 saturated carbocycles. The number of rotatable bonds is 4. The molecule has 0 aliphatic carbocycles. The summed E-state index contributed by atoms with van der Waals surface area (Å²) in [5.41, 5.74) is 2.26. The molecule has 2 aromatic rings. The van der Waals surface area contributed by atoms with Gasteiger partial charge in [0.1, 0.15) is 12.2 Å². The van der Waals surface area contributed by atoms with Crippen LogP contribution in [0.4, 0.5) is 4.79 Å². The molecule has 6 heteroatoms. The molecule has 2 aliphatic heterocycles. The minimum Gasteiger partial charge on any atom is -0.447 e. The summed E-state index contributed by atoms with van der Waals surface area (Å²) in [7, 11) is 0. The van der Waals surface area contributed by atoms with E-state index in [1.807, 2.05) is 17.0 Å². The average Bonchev–Trinajstić information content (AvgIpc) is 2.98. The van der Waals surface area contributed by atoms with Gasteiger partial charge in [0, 0.05) is 37.6 Å². The molecule has 2 saturated heterocycles. The highest BCUT2D eigenvalue weighted by molar-refractivity contribution is 5.81. The lowest BCUT2D eigenvalue weighted by Crippen LogP contribution is -2.60. The van der Waals surface area contributed by atoms with Crippen molar-refractivity contribution >= 4 is 17.1 Å². The van der Waals surface area contributed by atoms with E-state index in [2.05, 4.69) is 24.8 Å². The topological polar surface area (TPSA) is 63.0 Å². The first-order valence-electron chi connectivity index (χ1n) is 9.27. The molecule has 2 fully saturated rings. The highest BCUT2D eigenvalue weighted by Crippen LogP contribution is 2.32. The van der Waals surface area contributed by atoms with Crippen molar-refractivity contribution in [3.05, 3.63) is 45.8 Å². The third-order valence-electron chi connectivity index (χ3n) is 5.77. The Morgan fingerprint density at radius 2 is 2.00 bits per heavy atom. The molecule has 4 rings (SSSR count). The molecule has 0 radical (unpaired) electrons. The van der Waals surface area contributed by atoms with Crippen LogP contribution in [0.3, 0.4) is 0 Å². The summed E-state index contributed by atoms with van der Waals surface area (Å²) in [5, 5.41) is 0.996. The number of nitrogens with zero attached hydrogens (tertiary/aromatic N) is 2. The molecule has 1 aromatic heterocycles. The smallest absolute Gasteiger partial charge is 0.410 e. The zero-order chi connectivity index (χ0) is 18.3. The van der Waals surface area contributed by atoms with Crippen LogP contribution in [-0.2, 0) is 17.7 Å². The number of hydrogen-bond donors (Lipinski definition) is 0. The molecule has 0 spiro atoms. The lowest BCUT2D eigenvalue weighted by Gasteiger charge is -2.44. The maximum atomic E-state index is 12.0. The van der Waals surface area contributed by atoms with Crippen molar-refractivity contribution in [3.8, 4) is 0 Å². The number of cyclic esters (lactones) is 1. The fraction of sp³-hybridized carbons (Fsp3) is 0.500. The molecule has 3 heterocycles. The number of aryl methyl sites for hydroxylation is 1. The summed E-state index contributed by atoms with van der Waals surface area (Å²) in [6.45, 7) is 7.50. The fourth-order valence-corrected chi connectivity index (χ4v) is 4.15. The summed E-state index contributed by atoms with van der Waals surface area (Å²) >= 11 is 0. The number of fused-ring (bicyclic) bond motifs is 2. The van der Waals surface area contributed by atoms with E-state index in [0.29, 0.717) is 25.3 Å². The van der Waals surface area contributed by atoms with Crippen molar-refractivity contribution in [2.24, 2.45) is 0 Å². The Bertz CT molecular complexity index is 906. The third kappa shape index (κ3) is 2.78. The van der Waals surface area contributed by atoms with E-state index in [4.69, 9.17) is 9.15 Å². The Balaban J connectivity index is 1.65. The van der Waals surface area contributed by atoms with Crippen LogP contribution in [0.1, 0.15) is 31.4 Å². The zero-order valence-corrected chi connectivity index (χ0v) is 15.3. The molecule has 1 amide bonds. The van der Waals surface area contributed by atoms with Gasteiger partial charge in [-0.05, 0) is 36.1 Å².